The lowest BCUT2D eigenvalue weighted by Crippen LogP contribution is -2.35. The van der Waals surface area contributed by atoms with Crippen LogP contribution in [0.5, 0.6) is 0 Å². The summed E-state index contributed by atoms with van der Waals surface area (Å²) in [5, 5.41) is 3.80. The zero-order valence-electron chi connectivity index (χ0n) is 11.4. The van der Waals surface area contributed by atoms with Gasteiger partial charge in [-0.05, 0) is 60.7 Å². The lowest BCUT2D eigenvalue weighted by Gasteiger charge is -2.26. The predicted molar refractivity (Wildman–Crippen MR) is 84.2 cm³/mol. The molecule has 1 N–H and O–H groups in total. The molecule has 1 aliphatic rings. The van der Waals surface area contributed by atoms with Gasteiger partial charge in [0, 0.05) is 17.0 Å². The highest BCUT2D eigenvalue weighted by atomic mass is 79.9. The molecule has 0 aliphatic heterocycles. The summed E-state index contributed by atoms with van der Waals surface area (Å²) in [6.45, 7) is 4.65. The summed E-state index contributed by atoms with van der Waals surface area (Å²) < 4.78 is 1.23. The maximum Gasteiger partial charge on any atom is 0.0701 e. The van der Waals surface area contributed by atoms with Gasteiger partial charge < -0.3 is 5.32 Å². The SMILES string of the molecule is CC(N[C@H](C)C1CCCCCC1)c1ccc(Br)s1. The van der Waals surface area contributed by atoms with Crippen LogP contribution in [-0.4, -0.2) is 6.04 Å². The van der Waals surface area contributed by atoms with Crippen molar-refractivity contribution in [2.24, 2.45) is 5.92 Å². The molecule has 0 radical (unpaired) electrons. The lowest BCUT2D eigenvalue weighted by atomic mass is 9.92. The highest BCUT2D eigenvalue weighted by molar-refractivity contribution is 9.11. The van der Waals surface area contributed by atoms with Crippen molar-refractivity contribution < 1.29 is 0 Å². The molecule has 1 aromatic heterocycles. The maximum absolute atomic E-state index is 3.80. The second-order valence-electron chi connectivity index (χ2n) is 5.57. The second-order valence-corrected chi connectivity index (χ2v) is 8.07. The molecule has 1 fully saturated rings. The first-order valence-corrected chi connectivity index (χ1v) is 8.79. The minimum Gasteiger partial charge on any atom is -0.307 e. The molecule has 1 saturated carbocycles. The molecular formula is C15H24BrNS. The van der Waals surface area contributed by atoms with E-state index in [-0.39, 0.29) is 0 Å². The Hall–Kier alpha value is 0.140. The fraction of sp³-hybridized carbons (Fsp3) is 0.733. The molecule has 0 saturated heterocycles. The van der Waals surface area contributed by atoms with E-state index in [0.717, 1.165) is 5.92 Å². The molecule has 1 heterocycles. The van der Waals surface area contributed by atoms with Crippen molar-refractivity contribution in [1.29, 1.82) is 0 Å². The molecule has 0 spiro atoms. The number of halogens is 1. The van der Waals surface area contributed by atoms with Gasteiger partial charge in [0.1, 0.15) is 0 Å². The van der Waals surface area contributed by atoms with E-state index in [2.05, 4.69) is 47.2 Å². The molecule has 102 valence electrons. The lowest BCUT2D eigenvalue weighted by molar-refractivity contribution is 0.318. The molecule has 3 heteroatoms. The highest BCUT2D eigenvalue weighted by Crippen LogP contribution is 2.30. The maximum atomic E-state index is 3.80. The van der Waals surface area contributed by atoms with E-state index >= 15 is 0 Å². The number of nitrogens with one attached hydrogen (secondary N) is 1. The number of rotatable bonds is 4. The third-order valence-electron chi connectivity index (χ3n) is 4.14. The van der Waals surface area contributed by atoms with E-state index in [1.807, 2.05) is 11.3 Å². The monoisotopic (exact) mass is 329 g/mol. The van der Waals surface area contributed by atoms with E-state index in [1.165, 1.54) is 47.2 Å². The van der Waals surface area contributed by atoms with Crippen LogP contribution in [0.4, 0.5) is 0 Å². The second kappa shape index (κ2) is 7.06. The highest BCUT2D eigenvalue weighted by Gasteiger charge is 2.21. The van der Waals surface area contributed by atoms with Gasteiger partial charge in [0.2, 0.25) is 0 Å². The molecule has 0 amide bonds. The Kier molecular flexibility index (Phi) is 5.71. The largest absolute Gasteiger partial charge is 0.307 e. The van der Waals surface area contributed by atoms with Crippen LogP contribution in [0.15, 0.2) is 15.9 Å². The third kappa shape index (κ3) is 4.07. The van der Waals surface area contributed by atoms with Gasteiger partial charge in [-0.2, -0.15) is 0 Å². The van der Waals surface area contributed by atoms with Crippen LogP contribution in [-0.2, 0) is 0 Å². The standard InChI is InChI=1S/C15H24BrNS/c1-11(13-7-5-3-4-6-8-13)17-12(2)14-9-10-15(16)18-14/h9-13,17H,3-8H2,1-2H3/t11-,12?/m1/s1. The molecule has 1 unspecified atom stereocenters. The fourth-order valence-electron chi connectivity index (χ4n) is 2.98. The van der Waals surface area contributed by atoms with Gasteiger partial charge in [0.05, 0.1) is 3.79 Å². The molecule has 1 aliphatic carbocycles. The summed E-state index contributed by atoms with van der Waals surface area (Å²) in [4.78, 5) is 1.43. The van der Waals surface area contributed by atoms with E-state index in [0.29, 0.717) is 12.1 Å². The molecular weight excluding hydrogens is 306 g/mol. The zero-order chi connectivity index (χ0) is 13.0. The Bertz CT molecular complexity index is 355. The van der Waals surface area contributed by atoms with E-state index in [4.69, 9.17) is 0 Å². The first kappa shape index (κ1) is 14.5. The third-order valence-corrected chi connectivity index (χ3v) is 5.95. The summed E-state index contributed by atoms with van der Waals surface area (Å²) >= 11 is 5.39. The van der Waals surface area contributed by atoms with Gasteiger partial charge in [-0.25, -0.2) is 0 Å². The molecule has 18 heavy (non-hydrogen) atoms. The Labute approximate surface area is 123 Å². The van der Waals surface area contributed by atoms with Crippen LogP contribution >= 0.6 is 27.3 Å². The Morgan fingerprint density at radius 1 is 1.17 bits per heavy atom. The molecule has 2 atom stereocenters. The Morgan fingerprint density at radius 3 is 2.39 bits per heavy atom. The minimum atomic E-state index is 0.472. The average Bonchev–Trinajstić information content (AvgIpc) is 2.63. The van der Waals surface area contributed by atoms with E-state index in [1.54, 1.807) is 0 Å². The van der Waals surface area contributed by atoms with E-state index in [9.17, 15) is 0 Å². The topological polar surface area (TPSA) is 12.0 Å². The van der Waals surface area contributed by atoms with Gasteiger partial charge in [-0.3, -0.25) is 0 Å². The van der Waals surface area contributed by atoms with Crippen LogP contribution in [0.1, 0.15) is 63.3 Å². The number of hydrogen-bond acceptors (Lipinski definition) is 2. The van der Waals surface area contributed by atoms with Crippen molar-refractivity contribution in [1.82, 2.24) is 5.32 Å². The van der Waals surface area contributed by atoms with Gasteiger partial charge in [-0.1, -0.05) is 25.7 Å². The van der Waals surface area contributed by atoms with Crippen molar-refractivity contribution in [3.63, 3.8) is 0 Å². The predicted octanol–water partition coefficient (Wildman–Crippen LogP) is 5.52. The summed E-state index contributed by atoms with van der Waals surface area (Å²) in [5.41, 5.74) is 0. The van der Waals surface area contributed by atoms with Crippen LogP contribution in [0.25, 0.3) is 0 Å². The van der Waals surface area contributed by atoms with Crippen molar-refractivity contribution in [3.8, 4) is 0 Å². The Balaban J connectivity index is 1.87. The van der Waals surface area contributed by atoms with Crippen LogP contribution in [0.3, 0.4) is 0 Å². The zero-order valence-corrected chi connectivity index (χ0v) is 13.8. The van der Waals surface area contributed by atoms with Crippen LogP contribution < -0.4 is 5.32 Å². The molecule has 2 rings (SSSR count). The molecule has 1 aromatic rings. The van der Waals surface area contributed by atoms with Crippen molar-refractivity contribution in [3.05, 3.63) is 20.8 Å². The smallest absolute Gasteiger partial charge is 0.0701 e. The minimum absolute atomic E-state index is 0.472. The van der Waals surface area contributed by atoms with Gasteiger partial charge in [0.25, 0.3) is 0 Å². The first-order chi connectivity index (χ1) is 8.66. The summed E-state index contributed by atoms with van der Waals surface area (Å²) in [6, 6.07) is 5.49. The fourth-order valence-corrected chi connectivity index (χ4v) is 4.42. The molecule has 0 aromatic carbocycles. The average molecular weight is 330 g/mol. The number of thiophene rings is 1. The van der Waals surface area contributed by atoms with Gasteiger partial charge >= 0.3 is 0 Å². The quantitative estimate of drug-likeness (QED) is 0.717. The summed E-state index contributed by atoms with van der Waals surface area (Å²) in [6.07, 6.45) is 8.56. The van der Waals surface area contributed by atoms with E-state index < -0.39 is 0 Å². The van der Waals surface area contributed by atoms with Gasteiger partial charge in [0.15, 0.2) is 0 Å². The molecule has 1 nitrogen and oxygen atoms in total. The van der Waals surface area contributed by atoms with Crippen molar-refractivity contribution in [2.75, 3.05) is 0 Å². The van der Waals surface area contributed by atoms with Gasteiger partial charge in [-0.15, -0.1) is 11.3 Å². The van der Waals surface area contributed by atoms with Crippen molar-refractivity contribution >= 4 is 27.3 Å². The normalized spacial score (nSPS) is 21.5. The summed E-state index contributed by atoms with van der Waals surface area (Å²) in [7, 11) is 0. The number of hydrogen-bond donors (Lipinski definition) is 1. The summed E-state index contributed by atoms with van der Waals surface area (Å²) in [5.74, 6) is 0.873. The Morgan fingerprint density at radius 2 is 1.83 bits per heavy atom. The van der Waals surface area contributed by atoms with Crippen molar-refractivity contribution in [2.45, 2.75) is 64.5 Å². The van der Waals surface area contributed by atoms with Crippen LogP contribution in [0.2, 0.25) is 0 Å². The van der Waals surface area contributed by atoms with Crippen LogP contribution in [0, 0.1) is 5.92 Å². The first-order valence-electron chi connectivity index (χ1n) is 7.18. The molecule has 0 bridgehead atoms.